The van der Waals surface area contributed by atoms with Crippen molar-refractivity contribution >= 4 is 28.1 Å². The number of hydrogen-bond acceptors (Lipinski definition) is 5. The first-order valence-corrected chi connectivity index (χ1v) is 8.59. The molecule has 1 amide bonds. The maximum atomic E-state index is 12.5. The molecule has 7 heteroatoms. The molecule has 0 spiro atoms. The van der Waals surface area contributed by atoms with E-state index in [1.807, 2.05) is 18.4 Å². The van der Waals surface area contributed by atoms with Gasteiger partial charge in [-0.2, -0.15) is 0 Å². The second-order valence-electron chi connectivity index (χ2n) is 5.50. The number of benzene rings is 1. The fraction of sp³-hybridized carbons (Fsp3) is 0.278. The summed E-state index contributed by atoms with van der Waals surface area (Å²) in [5.74, 6) is 1.49. The minimum absolute atomic E-state index is 0.188. The van der Waals surface area contributed by atoms with Gasteiger partial charge in [0.05, 0.1) is 33.4 Å². The molecular weight excluding hydrogens is 340 g/mol. The van der Waals surface area contributed by atoms with E-state index in [4.69, 9.17) is 14.2 Å². The standard InChI is InChI=1S/C18H20N2O4S/c1-10-5-6-25-15(10)9-19-18(21)12-7-11-13(22-2)8-14(23-3)17(24-4)16(11)20-12/h5-8,20H,9H2,1-4H3,(H,19,21). The summed E-state index contributed by atoms with van der Waals surface area (Å²) in [5, 5.41) is 5.71. The molecule has 2 heterocycles. The van der Waals surface area contributed by atoms with Crippen molar-refractivity contribution in [2.24, 2.45) is 0 Å². The van der Waals surface area contributed by atoms with E-state index in [1.165, 1.54) is 5.56 Å². The summed E-state index contributed by atoms with van der Waals surface area (Å²) < 4.78 is 16.2. The third-order valence-electron chi connectivity index (χ3n) is 4.06. The molecule has 2 aromatic heterocycles. The summed E-state index contributed by atoms with van der Waals surface area (Å²) in [7, 11) is 4.69. The number of aromatic amines is 1. The molecule has 0 aliphatic heterocycles. The Morgan fingerprint density at radius 2 is 1.92 bits per heavy atom. The molecule has 0 fully saturated rings. The number of methoxy groups -OCH3 is 3. The summed E-state index contributed by atoms with van der Waals surface area (Å²) in [4.78, 5) is 16.8. The van der Waals surface area contributed by atoms with Crippen LogP contribution in [-0.4, -0.2) is 32.2 Å². The van der Waals surface area contributed by atoms with Gasteiger partial charge in [0.25, 0.3) is 5.91 Å². The number of amides is 1. The van der Waals surface area contributed by atoms with Crippen LogP contribution < -0.4 is 19.5 Å². The van der Waals surface area contributed by atoms with Crippen LogP contribution in [0.5, 0.6) is 17.2 Å². The zero-order chi connectivity index (χ0) is 18.0. The Morgan fingerprint density at radius 3 is 2.52 bits per heavy atom. The van der Waals surface area contributed by atoms with Gasteiger partial charge in [0.15, 0.2) is 11.5 Å². The lowest BCUT2D eigenvalue weighted by atomic mass is 10.2. The Bertz CT molecular complexity index is 913. The molecular formula is C18H20N2O4S. The molecule has 0 aliphatic carbocycles. The second kappa shape index (κ2) is 7.06. The van der Waals surface area contributed by atoms with Crippen LogP contribution in [-0.2, 0) is 6.54 Å². The number of thiophene rings is 1. The summed E-state index contributed by atoms with van der Waals surface area (Å²) in [6, 6.07) is 5.54. The Morgan fingerprint density at radius 1 is 1.16 bits per heavy atom. The lowest BCUT2D eigenvalue weighted by Gasteiger charge is -2.11. The van der Waals surface area contributed by atoms with Crippen molar-refractivity contribution in [3.05, 3.63) is 39.7 Å². The van der Waals surface area contributed by atoms with Crippen LogP contribution in [0.25, 0.3) is 10.9 Å². The highest BCUT2D eigenvalue weighted by atomic mass is 32.1. The first-order chi connectivity index (χ1) is 12.1. The van der Waals surface area contributed by atoms with E-state index in [0.29, 0.717) is 35.0 Å². The smallest absolute Gasteiger partial charge is 0.268 e. The molecule has 1 aromatic carbocycles. The quantitative estimate of drug-likeness (QED) is 0.706. The zero-order valence-electron chi connectivity index (χ0n) is 14.6. The third kappa shape index (κ3) is 3.15. The minimum atomic E-state index is -0.188. The molecule has 6 nitrogen and oxygen atoms in total. The molecule has 0 unspecified atom stereocenters. The van der Waals surface area contributed by atoms with E-state index < -0.39 is 0 Å². The number of carbonyl (C=O) groups excluding carboxylic acids is 1. The largest absolute Gasteiger partial charge is 0.496 e. The van der Waals surface area contributed by atoms with Crippen molar-refractivity contribution in [1.29, 1.82) is 0 Å². The highest BCUT2D eigenvalue weighted by molar-refractivity contribution is 7.10. The van der Waals surface area contributed by atoms with E-state index in [2.05, 4.69) is 10.3 Å². The highest BCUT2D eigenvalue weighted by Gasteiger charge is 2.19. The van der Waals surface area contributed by atoms with Gasteiger partial charge in [0.1, 0.15) is 11.4 Å². The summed E-state index contributed by atoms with van der Waals surface area (Å²) in [5.41, 5.74) is 2.28. The molecule has 2 N–H and O–H groups in total. The van der Waals surface area contributed by atoms with Gasteiger partial charge in [0, 0.05) is 16.3 Å². The van der Waals surface area contributed by atoms with Crippen LogP contribution in [0, 0.1) is 6.92 Å². The summed E-state index contributed by atoms with van der Waals surface area (Å²) in [6.45, 7) is 2.53. The maximum Gasteiger partial charge on any atom is 0.268 e. The molecule has 132 valence electrons. The Kier molecular flexibility index (Phi) is 4.85. The first kappa shape index (κ1) is 17.2. The molecule has 0 aliphatic rings. The SMILES string of the molecule is COc1cc(OC)c2cc(C(=O)NCc3sccc3C)[nH]c2c1OC. The Labute approximate surface area is 149 Å². The molecule has 0 radical (unpaired) electrons. The van der Waals surface area contributed by atoms with Crippen molar-refractivity contribution in [1.82, 2.24) is 10.3 Å². The number of carbonyl (C=O) groups is 1. The summed E-state index contributed by atoms with van der Waals surface area (Å²) in [6.07, 6.45) is 0. The van der Waals surface area contributed by atoms with Crippen molar-refractivity contribution in [2.45, 2.75) is 13.5 Å². The lowest BCUT2D eigenvalue weighted by Crippen LogP contribution is -2.22. The van der Waals surface area contributed by atoms with Gasteiger partial charge in [0.2, 0.25) is 0 Å². The number of aromatic nitrogens is 1. The van der Waals surface area contributed by atoms with Crippen molar-refractivity contribution in [3.8, 4) is 17.2 Å². The van der Waals surface area contributed by atoms with Gasteiger partial charge >= 0.3 is 0 Å². The topological polar surface area (TPSA) is 72.6 Å². The fourth-order valence-electron chi connectivity index (χ4n) is 2.70. The van der Waals surface area contributed by atoms with Crippen LogP contribution in [0.15, 0.2) is 23.6 Å². The highest BCUT2D eigenvalue weighted by Crippen LogP contribution is 2.41. The molecule has 3 rings (SSSR count). The van der Waals surface area contributed by atoms with E-state index >= 15 is 0 Å². The molecule has 0 saturated carbocycles. The number of H-pyrrole nitrogens is 1. The van der Waals surface area contributed by atoms with Gasteiger partial charge in [-0.15, -0.1) is 11.3 Å². The zero-order valence-corrected chi connectivity index (χ0v) is 15.4. The predicted octanol–water partition coefficient (Wildman–Crippen LogP) is 3.49. The van der Waals surface area contributed by atoms with Gasteiger partial charge in [-0.25, -0.2) is 0 Å². The normalized spacial score (nSPS) is 10.7. The minimum Gasteiger partial charge on any atom is -0.496 e. The van der Waals surface area contributed by atoms with E-state index in [9.17, 15) is 4.79 Å². The number of hydrogen-bond donors (Lipinski definition) is 2. The van der Waals surface area contributed by atoms with E-state index in [1.54, 1.807) is 44.8 Å². The monoisotopic (exact) mass is 360 g/mol. The van der Waals surface area contributed by atoms with Gasteiger partial charge in [-0.1, -0.05) is 0 Å². The Balaban J connectivity index is 1.94. The number of fused-ring (bicyclic) bond motifs is 1. The van der Waals surface area contributed by atoms with Crippen molar-refractivity contribution in [2.75, 3.05) is 21.3 Å². The van der Waals surface area contributed by atoms with Crippen LogP contribution in [0.2, 0.25) is 0 Å². The van der Waals surface area contributed by atoms with Gasteiger partial charge in [-0.05, 0) is 30.0 Å². The lowest BCUT2D eigenvalue weighted by molar-refractivity contribution is 0.0947. The second-order valence-corrected chi connectivity index (χ2v) is 6.50. The molecule has 25 heavy (non-hydrogen) atoms. The average molecular weight is 360 g/mol. The van der Waals surface area contributed by atoms with Crippen LogP contribution in [0.4, 0.5) is 0 Å². The predicted molar refractivity (Wildman–Crippen MR) is 98.2 cm³/mol. The molecule has 3 aromatic rings. The van der Waals surface area contributed by atoms with Crippen LogP contribution in [0.3, 0.4) is 0 Å². The van der Waals surface area contributed by atoms with E-state index in [0.717, 1.165) is 10.3 Å². The van der Waals surface area contributed by atoms with Crippen molar-refractivity contribution < 1.29 is 19.0 Å². The molecule has 0 atom stereocenters. The number of nitrogens with one attached hydrogen (secondary N) is 2. The third-order valence-corrected chi connectivity index (χ3v) is 5.09. The Hall–Kier alpha value is -2.67. The fourth-order valence-corrected chi connectivity index (χ4v) is 3.55. The molecule has 0 bridgehead atoms. The summed E-state index contributed by atoms with van der Waals surface area (Å²) >= 11 is 1.63. The van der Waals surface area contributed by atoms with Crippen molar-refractivity contribution in [3.63, 3.8) is 0 Å². The van der Waals surface area contributed by atoms with Gasteiger partial charge in [-0.3, -0.25) is 4.79 Å². The number of ether oxygens (including phenoxy) is 3. The number of rotatable bonds is 6. The van der Waals surface area contributed by atoms with Crippen LogP contribution >= 0.6 is 11.3 Å². The van der Waals surface area contributed by atoms with Gasteiger partial charge < -0.3 is 24.5 Å². The van der Waals surface area contributed by atoms with Crippen LogP contribution in [0.1, 0.15) is 20.9 Å². The molecule has 0 saturated heterocycles. The van der Waals surface area contributed by atoms with E-state index in [-0.39, 0.29) is 5.91 Å². The first-order valence-electron chi connectivity index (χ1n) is 7.71. The average Bonchev–Trinajstić information content (AvgIpc) is 3.24. The maximum absolute atomic E-state index is 12.5. The number of aryl methyl sites for hydroxylation is 1.